The predicted octanol–water partition coefficient (Wildman–Crippen LogP) is 0.895. The summed E-state index contributed by atoms with van der Waals surface area (Å²) in [6.07, 6.45) is 2.02. The lowest BCUT2D eigenvalue weighted by atomic mass is 10.1. The van der Waals surface area contributed by atoms with Crippen LogP contribution < -0.4 is 11.3 Å². The Labute approximate surface area is 104 Å². The van der Waals surface area contributed by atoms with Gasteiger partial charge in [-0.25, -0.2) is 4.98 Å². The molecule has 0 radical (unpaired) electrons. The Morgan fingerprint density at radius 2 is 2.35 bits per heavy atom. The summed E-state index contributed by atoms with van der Waals surface area (Å²) in [7, 11) is 0. The molecule has 0 bridgehead atoms. The van der Waals surface area contributed by atoms with Gasteiger partial charge in [0.05, 0.1) is 5.92 Å². The van der Waals surface area contributed by atoms with E-state index < -0.39 is 11.8 Å². The number of primary amides is 1. The first-order chi connectivity index (χ1) is 7.99. The lowest BCUT2D eigenvalue weighted by Crippen LogP contribution is -2.32. The second-order valence-electron chi connectivity index (χ2n) is 4.46. The van der Waals surface area contributed by atoms with Crippen LogP contribution in [-0.4, -0.2) is 15.5 Å². The molecule has 0 aromatic carbocycles. The zero-order chi connectivity index (χ0) is 12.6. The first kappa shape index (κ1) is 12.1. The van der Waals surface area contributed by atoms with Crippen LogP contribution >= 0.6 is 11.6 Å². The van der Waals surface area contributed by atoms with E-state index in [1.165, 1.54) is 10.6 Å². The van der Waals surface area contributed by atoms with Crippen LogP contribution in [0.25, 0.3) is 0 Å². The number of halogens is 1. The largest absolute Gasteiger partial charge is 0.369 e. The topological polar surface area (TPSA) is 78.0 Å². The highest BCUT2D eigenvalue weighted by Gasteiger charge is 2.29. The van der Waals surface area contributed by atoms with E-state index in [4.69, 9.17) is 17.3 Å². The molecular formula is C11H14ClN3O2. The number of hydrogen-bond donors (Lipinski definition) is 1. The van der Waals surface area contributed by atoms with Gasteiger partial charge in [-0.2, -0.15) is 0 Å². The van der Waals surface area contributed by atoms with E-state index in [0.717, 1.165) is 12.8 Å². The highest BCUT2D eigenvalue weighted by atomic mass is 35.5. The molecule has 0 spiro atoms. The van der Waals surface area contributed by atoms with Gasteiger partial charge in [0, 0.05) is 18.5 Å². The smallest absolute Gasteiger partial charge is 0.255 e. The maximum atomic E-state index is 11.8. The van der Waals surface area contributed by atoms with Gasteiger partial charge in [0.25, 0.3) is 5.56 Å². The number of nitrogens with two attached hydrogens (primary N) is 1. The van der Waals surface area contributed by atoms with Crippen molar-refractivity contribution < 1.29 is 4.79 Å². The molecule has 6 heteroatoms. The second-order valence-corrected chi connectivity index (χ2v) is 4.85. The summed E-state index contributed by atoms with van der Waals surface area (Å²) in [5, 5.41) is 0.208. The third kappa shape index (κ3) is 2.66. The fourth-order valence-electron chi connectivity index (χ4n) is 1.70. The van der Waals surface area contributed by atoms with Crippen molar-refractivity contribution in [2.45, 2.75) is 32.2 Å². The van der Waals surface area contributed by atoms with E-state index in [1.807, 2.05) is 0 Å². The number of carbonyl (C=O) groups excluding carboxylic acids is 1. The molecule has 1 aromatic rings. The summed E-state index contributed by atoms with van der Waals surface area (Å²) in [5.74, 6) is 0.152. The first-order valence-corrected chi connectivity index (χ1v) is 5.93. The lowest BCUT2D eigenvalue weighted by Gasteiger charge is -2.14. The third-order valence-corrected chi connectivity index (χ3v) is 3.08. The van der Waals surface area contributed by atoms with Gasteiger partial charge in [0.15, 0.2) is 0 Å². The Morgan fingerprint density at radius 3 is 2.88 bits per heavy atom. The quantitative estimate of drug-likeness (QED) is 0.812. The van der Waals surface area contributed by atoms with Gasteiger partial charge < -0.3 is 5.73 Å². The zero-order valence-electron chi connectivity index (χ0n) is 9.52. The number of amides is 1. The van der Waals surface area contributed by atoms with Gasteiger partial charge in [-0.1, -0.05) is 18.5 Å². The standard InChI is InChI=1S/C11H14ClN3O2/c1-6(10(13)17)5-15-9(16)4-8(12)14-11(15)7-2-3-7/h4,6-7H,2-3,5H2,1H3,(H2,13,17). The van der Waals surface area contributed by atoms with Crippen LogP contribution in [0.4, 0.5) is 0 Å². The second kappa shape index (κ2) is 4.49. The summed E-state index contributed by atoms with van der Waals surface area (Å²) >= 11 is 5.78. The van der Waals surface area contributed by atoms with Crippen molar-refractivity contribution >= 4 is 17.5 Å². The van der Waals surface area contributed by atoms with Gasteiger partial charge in [-0.3, -0.25) is 14.2 Å². The van der Waals surface area contributed by atoms with Crippen molar-refractivity contribution in [1.82, 2.24) is 9.55 Å². The molecule has 0 aliphatic heterocycles. The van der Waals surface area contributed by atoms with E-state index >= 15 is 0 Å². The molecular weight excluding hydrogens is 242 g/mol. The molecule has 2 rings (SSSR count). The zero-order valence-corrected chi connectivity index (χ0v) is 10.3. The molecule has 1 aliphatic rings. The fraction of sp³-hybridized carbons (Fsp3) is 0.545. The minimum Gasteiger partial charge on any atom is -0.369 e. The number of nitrogens with zero attached hydrogens (tertiary/aromatic N) is 2. The average molecular weight is 256 g/mol. The molecule has 2 N–H and O–H groups in total. The summed E-state index contributed by atoms with van der Waals surface area (Å²) in [6.45, 7) is 1.96. The summed E-state index contributed by atoms with van der Waals surface area (Å²) in [6, 6.07) is 1.27. The molecule has 1 fully saturated rings. The van der Waals surface area contributed by atoms with Crippen molar-refractivity contribution in [3.05, 3.63) is 27.4 Å². The third-order valence-electron chi connectivity index (χ3n) is 2.89. The van der Waals surface area contributed by atoms with E-state index in [2.05, 4.69) is 4.98 Å². The first-order valence-electron chi connectivity index (χ1n) is 5.55. The van der Waals surface area contributed by atoms with Crippen molar-refractivity contribution in [3.63, 3.8) is 0 Å². The molecule has 1 heterocycles. The fourth-order valence-corrected chi connectivity index (χ4v) is 1.88. The molecule has 1 saturated carbocycles. The van der Waals surface area contributed by atoms with Gasteiger partial charge in [-0.05, 0) is 12.8 Å². The Kier molecular flexibility index (Phi) is 3.19. The minimum absolute atomic E-state index is 0.208. The Balaban J connectivity index is 2.37. The molecule has 1 aromatic heterocycles. The normalized spacial score (nSPS) is 16.8. The van der Waals surface area contributed by atoms with Crippen molar-refractivity contribution in [3.8, 4) is 0 Å². The van der Waals surface area contributed by atoms with Crippen molar-refractivity contribution in [2.75, 3.05) is 0 Å². The van der Waals surface area contributed by atoms with Gasteiger partial charge in [-0.15, -0.1) is 0 Å². The lowest BCUT2D eigenvalue weighted by molar-refractivity contribution is -0.121. The highest BCUT2D eigenvalue weighted by Crippen LogP contribution is 2.38. The summed E-state index contributed by atoms with van der Waals surface area (Å²) in [4.78, 5) is 27.1. The van der Waals surface area contributed by atoms with Crippen LogP contribution in [0.3, 0.4) is 0 Å². The van der Waals surface area contributed by atoms with E-state index in [0.29, 0.717) is 11.7 Å². The maximum Gasteiger partial charge on any atom is 0.255 e. The molecule has 1 amide bonds. The monoisotopic (exact) mass is 255 g/mol. The van der Waals surface area contributed by atoms with E-state index in [-0.39, 0.29) is 17.3 Å². The summed E-state index contributed by atoms with van der Waals surface area (Å²) in [5.41, 5.74) is 4.98. The molecule has 92 valence electrons. The van der Waals surface area contributed by atoms with Crippen LogP contribution in [0.1, 0.15) is 31.5 Å². The Morgan fingerprint density at radius 1 is 1.71 bits per heavy atom. The van der Waals surface area contributed by atoms with Crippen LogP contribution in [0.15, 0.2) is 10.9 Å². The Bertz CT molecular complexity index is 508. The van der Waals surface area contributed by atoms with E-state index in [1.54, 1.807) is 6.92 Å². The van der Waals surface area contributed by atoms with E-state index in [9.17, 15) is 9.59 Å². The molecule has 1 unspecified atom stereocenters. The highest BCUT2D eigenvalue weighted by molar-refractivity contribution is 6.29. The molecule has 5 nitrogen and oxygen atoms in total. The van der Waals surface area contributed by atoms with Crippen molar-refractivity contribution in [2.24, 2.45) is 11.7 Å². The van der Waals surface area contributed by atoms with Crippen LogP contribution in [-0.2, 0) is 11.3 Å². The maximum absolute atomic E-state index is 11.8. The number of aromatic nitrogens is 2. The molecule has 1 aliphatic carbocycles. The van der Waals surface area contributed by atoms with Crippen molar-refractivity contribution in [1.29, 1.82) is 0 Å². The van der Waals surface area contributed by atoms with Gasteiger partial charge in [0.2, 0.25) is 5.91 Å². The van der Waals surface area contributed by atoms with Gasteiger partial charge >= 0.3 is 0 Å². The molecule has 17 heavy (non-hydrogen) atoms. The predicted molar refractivity (Wildman–Crippen MR) is 63.8 cm³/mol. The Hall–Kier alpha value is -1.36. The summed E-state index contributed by atoms with van der Waals surface area (Å²) < 4.78 is 1.51. The van der Waals surface area contributed by atoms with Gasteiger partial charge in [0.1, 0.15) is 11.0 Å². The average Bonchev–Trinajstić information content (AvgIpc) is 3.04. The number of carbonyl (C=O) groups is 1. The minimum atomic E-state index is -0.423. The SMILES string of the molecule is CC(Cn1c(C2CC2)nc(Cl)cc1=O)C(N)=O. The number of hydrogen-bond acceptors (Lipinski definition) is 3. The molecule has 1 atom stereocenters. The van der Waals surface area contributed by atoms with Crippen LogP contribution in [0, 0.1) is 5.92 Å². The molecule has 0 saturated heterocycles. The van der Waals surface area contributed by atoms with Crippen LogP contribution in [0.5, 0.6) is 0 Å². The number of rotatable bonds is 4. The van der Waals surface area contributed by atoms with Crippen LogP contribution in [0.2, 0.25) is 5.15 Å².